The smallest absolute Gasteiger partial charge is 0.181 e. The van der Waals surface area contributed by atoms with Crippen molar-refractivity contribution in [2.45, 2.75) is 5.03 Å². The van der Waals surface area contributed by atoms with Gasteiger partial charge in [-0.2, -0.15) is 0 Å². The quantitative estimate of drug-likeness (QED) is 0.443. The van der Waals surface area contributed by atoms with Crippen LogP contribution in [-0.2, 0) is 0 Å². The molecule has 102 valence electrons. The van der Waals surface area contributed by atoms with Crippen molar-refractivity contribution in [1.82, 2.24) is 19.9 Å². The van der Waals surface area contributed by atoms with Crippen molar-refractivity contribution in [2.24, 2.45) is 0 Å². The van der Waals surface area contributed by atoms with E-state index in [1.54, 1.807) is 12.4 Å². The van der Waals surface area contributed by atoms with Crippen LogP contribution in [0.2, 0.25) is 8.67 Å². The summed E-state index contributed by atoms with van der Waals surface area (Å²) in [6.45, 7) is 0. The third-order valence-electron chi connectivity index (χ3n) is 2.49. The molecule has 20 heavy (non-hydrogen) atoms. The molecule has 3 rings (SSSR count). The van der Waals surface area contributed by atoms with Crippen molar-refractivity contribution in [3.63, 3.8) is 0 Å². The Labute approximate surface area is 131 Å². The summed E-state index contributed by atoms with van der Waals surface area (Å²) in [5.74, 6) is 0.132. The van der Waals surface area contributed by atoms with Gasteiger partial charge < -0.3 is 4.98 Å². The number of hydrogen-bond acceptors (Lipinski definition) is 6. The van der Waals surface area contributed by atoms with Crippen LogP contribution in [0.3, 0.4) is 0 Å². The van der Waals surface area contributed by atoms with E-state index in [0.717, 1.165) is 5.52 Å². The van der Waals surface area contributed by atoms with Crippen LogP contribution in [0.1, 0.15) is 10.4 Å². The highest BCUT2D eigenvalue weighted by molar-refractivity contribution is 8.00. The lowest BCUT2D eigenvalue weighted by molar-refractivity contribution is 0.102. The molecule has 0 saturated carbocycles. The molecular weight excluding hydrogens is 339 g/mol. The van der Waals surface area contributed by atoms with Crippen molar-refractivity contribution >= 4 is 63.2 Å². The van der Waals surface area contributed by atoms with Crippen LogP contribution in [0.5, 0.6) is 0 Å². The summed E-state index contributed by atoms with van der Waals surface area (Å²) in [6, 6.07) is 1.59. The average Bonchev–Trinajstić information content (AvgIpc) is 3.02. The van der Waals surface area contributed by atoms with Crippen LogP contribution in [0.15, 0.2) is 23.7 Å². The summed E-state index contributed by atoms with van der Waals surface area (Å²) in [4.78, 5) is 27.3. The summed E-state index contributed by atoms with van der Waals surface area (Å²) < 4.78 is 0.913. The zero-order chi connectivity index (χ0) is 14.1. The Kier molecular flexibility index (Phi) is 3.93. The molecule has 3 aromatic heterocycles. The monoisotopic (exact) mass is 344 g/mol. The van der Waals surface area contributed by atoms with Crippen molar-refractivity contribution in [2.75, 3.05) is 5.75 Å². The predicted molar refractivity (Wildman–Crippen MR) is 81.1 cm³/mol. The van der Waals surface area contributed by atoms with E-state index in [1.807, 2.05) is 0 Å². The van der Waals surface area contributed by atoms with Gasteiger partial charge in [0.05, 0.1) is 16.4 Å². The minimum atomic E-state index is -0.0885. The summed E-state index contributed by atoms with van der Waals surface area (Å²) in [5.41, 5.74) is 1.75. The molecule has 0 amide bonds. The minimum absolute atomic E-state index is 0.0885. The number of H-pyrrole nitrogens is 1. The van der Waals surface area contributed by atoms with E-state index < -0.39 is 0 Å². The molecule has 5 nitrogen and oxygen atoms in total. The molecule has 9 heteroatoms. The molecule has 0 aromatic carbocycles. The standard InChI is InChI=1S/C11H6Cl2N4OS2/c12-7-1-5(9(13)20-7)6(18)2-19-11-8-10(15-3-14-8)16-4-17-11/h1,3-4H,2H2,(H,14,15,16,17). The minimum Gasteiger partial charge on any atom is -0.341 e. The van der Waals surface area contributed by atoms with Gasteiger partial charge in [0.15, 0.2) is 11.4 Å². The number of Topliss-reactive ketones (excluding diaryl/α,β-unsaturated/α-hetero) is 1. The highest BCUT2D eigenvalue weighted by atomic mass is 35.5. The molecule has 3 aromatic rings. The molecular formula is C11H6Cl2N4OS2. The molecule has 0 unspecified atom stereocenters. The second-order valence-electron chi connectivity index (χ2n) is 3.73. The predicted octanol–water partition coefficient (Wildman–Crippen LogP) is 3.70. The Morgan fingerprint density at radius 2 is 2.20 bits per heavy atom. The molecule has 0 atom stereocenters. The summed E-state index contributed by atoms with van der Waals surface area (Å²) >= 11 is 14.3. The number of aromatic nitrogens is 4. The van der Waals surface area contributed by atoms with Gasteiger partial charge in [-0.3, -0.25) is 4.79 Å². The van der Waals surface area contributed by atoms with Crippen LogP contribution in [0, 0.1) is 0 Å². The van der Waals surface area contributed by atoms with Gasteiger partial charge in [-0.15, -0.1) is 11.3 Å². The number of fused-ring (bicyclic) bond motifs is 1. The highest BCUT2D eigenvalue weighted by Crippen LogP contribution is 2.32. The first-order valence-corrected chi connectivity index (χ1v) is 7.96. The molecule has 1 N–H and O–H groups in total. The summed E-state index contributed by atoms with van der Waals surface area (Å²) in [5, 5.41) is 0.679. The number of carbonyl (C=O) groups is 1. The number of thiophene rings is 1. The molecule has 0 bridgehead atoms. The second kappa shape index (κ2) is 5.69. The molecule has 0 radical (unpaired) electrons. The molecule has 0 aliphatic rings. The fraction of sp³-hybridized carbons (Fsp3) is 0.0909. The number of nitrogens with zero attached hydrogens (tertiary/aromatic N) is 3. The van der Waals surface area contributed by atoms with Gasteiger partial charge in [0.2, 0.25) is 0 Å². The van der Waals surface area contributed by atoms with E-state index in [1.165, 1.54) is 29.4 Å². The number of nitrogens with one attached hydrogen (secondary N) is 1. The second-order valence-corrected chi connectivity index (χ2v) is 6.98. The largest absolute Gasteiger partial charge is 0.341 e. The lowest BCUT2D eigenvalue weighted by Gasteiger charge is -2.00. The van der Waals surface area contributed by atoms with Crippen LogP contribution in [0.4, 0.5) is 0 Å². The first kappa shape index (κ1) is 13.8. The van der Waals surface area contributed by atoms with Crippen LogP contribution in [-0.4, -0.2) is 31.5 Å². The Balaban J connectivity index is 1.78. The lowest BCUT2D eigenvalue weighted by atomic mass is 10.2. The molecule has 3 heterocycles. The maximum atomic E-state index is 12.1. The van der Waals surface area contributed by atoms with E-state index in [0.29, 0.717) is 24.9 Å². The number of hydrogen-bond donors (Lipinski definition) is 1. The van der Waals surface area contributed by atoms with E-state index >= 15 is 0 Å². The number of thioether (sulfide) groups is 1. The Bertz CT molecular complexity index is 786. The van der Waals surface area contributed by atoms with Gasteiger partial charge in [0.25, 0.3) is 0 Å². The Hall–Kier alpha value is -1.15. The fourth-order valence-electron chi connectivity index (χ4n) is 1.59. The maximum absolute atomic E-state index is 12.1. The number of aromatic amines is 1. The highest BCUT2D eigenvalue weighted by Gasteiger charge is 2.16. The van der Waals surface area contributed by atoms with E-state index in [-0.39, 0.29) is 11.5 Å². The maximum Gasteiger partial charge on any atom is 0.181 e. The van der Waals surface area contributed by atoms with Crippen LogP contribution < -0.4 is 0 Å². The molecule has 0 aliphatic heterocycles. The van der Waals surface area contributed by atoms with Crippen molar-refractivity contribution < 1.29 is 4.79 Å². The lowest BCUT2D eigenvalue weighted by Crippen LogP contribution is -2.02. The van der Waals surface area contributed by atoms with Crippen molar-refractivity contribution in [1.29, 1.82) is 0 Å². The van der Waals surface area contributed by atoms with Crippen molar-refractivity contribution in [3.05, 3.63) is 33.0 Å². The molecule has 0 saturated heterocycles. The summed E-state index contributed by atoms with van der Waals surface area (Å²) in [6.07, 6.45) is 2.96. The number of imidazole rings is 1. The van der Waals surface area contributed by atoms with Crippen LogP contribution >= 0.6 is 46.3 Å². The number of halogens is 2. The van der Waals surface area contributed by atoms with Gasteiger partial charge in [-0.1, -0.05) is 35.0 Å². The zero-order valence-corrected chi connectivity index (χ0v) is 12.9. The molecule has 0 aliphatic carbocycles. The first-order valence-electron chi connectivity index (χ1n) is 5.40. The summed E-state index contributed by atoms with van der Waals surface area (Å²) in [7, 11) is 0. The average molecular weight is 345 g/mol. The molecule has 0 fully saturated rings. The van der Waals surface area contributed by atoms with Gasteiger partial charge in [-0.25, -0.2) is 15.0 Å². The van der Waals surface area contributed by atoms with Gasteiger partial charge in [-0.05, 0) is 6.07 Å². The Morgan fingerprint density at radius 1 is 1.35 bits per heavy atom. The fourth-order valence-corrected chi connectivity index (χ4v) is 3.93. The van der Waals surface area contributed by atoms with E-state index in [9.17, 15) is 4.79 Å². The number of rotatable bonds is 4. The zero-order valence-electron chi connectivity index (χ0n) is 9.76. The normalized spacial score (nSPS) is 11.1. The topological polar surface area (TPSA) is 71.5 Å². The van der Waals surface area contributed by atoms with Gasteiger partial charge >= 0.3 is 0 Å². The van der Waals surface area contributed by atoms with E-state index in [4.69, 9.17) is 23.2 Å². The third kappa shape index (κ3) is 2.67. The SMILES string of the molecule is O=C(CSc1ncnc2nc[nH]c12)c1cc(Cl)sc1Cl. The molecule has 0 spiro atoms. The number of ketones is 1. The van der Waals surface area contributed by atoms with E-state index in [2.05, 4.69) is 19.9 Å². The number of carbonyl (C=O) groups excluding carboxylic acids is 1. The third-order valence-corrected chi connectivity index (χ3v) is 4.96. The van der Waals surface area contributed by atoms with Gasteiger partial charge in [0, 0.05) is 5.56 Å². The van der Waals surface area contributed by atoms with Crippen molar-refractivity contribution in [3.8, 4) is 0 Å². The van der Waals surface area contributed by atoms with Gasteiger partial charge in [0.1, 0.15) is 21.2 Å². The first-order chi connectivity index (χ1) is 9.65. The Morgan fingerprint density at radius 3 is 2.95 bits per heavy atom. The van der Waals surface area contributed by atoms with Crippen LogP contribution in [0.25, 0.3) is 11.2 Å².